The molecular weight excluding hydrogens is 171 g/mol. The molecule has 0 rings (SSSR count). The number of hydrogen-bond acceptors (Lipinski definition) is 0. The van der Waals surface area contributed by atoms with E-state index in [1.165, 1.54) is 27.9 Å². The number of rotatable bonds is 0. The van der Waals surface area contributed by atoms with Gasteiger partial charge in [-0.05, 0) is 0 Å². The van der Waals surface area contributed by atoms with Crippen molar-refractivity contribution in [2.75, 3.05) is 0 Å². The summed E-state index contributed by atoms with van der Waals surface area (Å²) in [7, 11) is 0. The Kier molecular flexibility index (Phi) is 187. The smallest absolute Gasteiger partial charge is 1.00 e. The Labute approximate surface area is 75.5 Å². The van der Waals surface area contributed by atoms with Crippen molar-refractivity contribution in [3.05, 3.63) is 0 Å². The Morgan fingerprint density at radius 3 is 1.00 bits per heavy atom. The topological polar surface area (TPSA) is 0 Å². The van der Waals surface area contributed by atoms with E-state index in [1.54, 1.807) is 0 Å². The van der Waals surface area contributed by atoms with Crippen molar-refractivity contribution in [2.24, 2.45) is 0 Å². The van der Waals surface area contributed by atoms with Crippen LogP contribution in [0.25, 0.3) is 0 Å². The molecule has 0 aromatic rings. The number of hydrogen-bond donors (Lipinski definition) is 0. The zero-order chi connectivity index (χ0) is 2.00. The van der Waals surface area contributed by atoms with Crippen LogP contribution >= 0.6 is 0 Å². The fourth-order valence-corrected chi connectivity index (χ4v) is 0. The van der Waals surface area contributed by atoms with Crippen LogP contribution in [0, 0.1) is 0 Å². The molecule has 0 nitrogen and oxygen atoms in total. The van der Waals surface area contributed by atoms with Gasteiger partial charge >= 0.3 is 51.6 Å². The molecule has 0 aromatic carbocycles. The molecular formula is CH3Cl2NaZn. The van der Waals surface area contributed by atoms with Crippen LogP contribution in [-0.2, 0) is 19.5 Å². The molecule has 24 valence electrons. The second-order valence-corrected chi connectivity index (χ2v) is 0. The third-order valence-corrected chi connectivity index (χ3v) is 0. The van der Waals surface area contributed by atoms with Crippen molar-refractivity contribution < 1.29 is 44.3 Å². The maximum atomic E-state index is 2.14. The normalized spacial score (nSPS) is 1.40. The summed E-state index contributed by atoms with van der Waals surface area (Å²) < 4.78 is 2.14. The van der Waals surface area contributed by atoms with Gasteiger partial charge < -0.3 is 24.8 Å². The van der Waals surface area contributed by atoms with E-state index in [-0.39, 0.29) is 44.3 Å². The van der Waals surface area contributed by atoms with Gasteiger partial charge in [0.15, 0.2) is 0 Å². The molecule has 0 N–H and O–H groups in total. The van der Waals surface area contributed by atoms with Crippen LogP contribution in [0.2, 0.25) is 4.17 Å². The predicted molar refractivity (Wildman–Crippen MR) is 11.6 cm³/mol. The average molecular weight is 174 g/mol. The fraction of sp³-hybridized carbons (Fsp3) is 1.00. The molecule has 0 aromatic heterocycles. The van der Waals surface area contributed by atoms with Gasteiger partial charge in [0.2, 0.25) is 0 Å². The summed E-state index contributed by atoms with van der Waals surface area (Å²) in [6.45, 7) is 0. The molecule has 0 radical (unpaired) electrons. The molecule has 0 spiro atoms. The van der Waals surface area contributed by atoms with Crippen LogP contribution in [-0.4, -0.2) is 27.9 Å². The van der Waals surface area contributed by atoms with Crippen molar-refractivity contribution in [1.82, 2.24) is 0 Å². The second kappa shape index (κ2) is 34.6. The second-order valence-electron chi connectivity index (χ2n) is 0. The van der Waals surface area contributed by atoms with Gasteiger partial charge in [0.1, 0.15) is 0 Å². The Balaban J connectivity index is -0.00000000167. The molecule has 0 aliphatic heterocycles. The molecule has 0 aliphatic carbocycles. The zero-order valence-corrected chi connectivity index (χ0v) is 9.94. The van der Waals surface area contributed by atoms with Crippen LogP contribution in [0.1, 0.15) is 0 Å². The van der Waals surface area contributed by atoms with Crippen LogP contribution in [0.5, 0.6) is 0 Å². The minimum atomic E-state index is 0. The Hall–Kier alpha value is 2.20. The predicted octanol–water partition coefficient (Wildman–Crippen LogP) is -5.79. The van der Waals surface area contributed by atoms with E-state index in [1.807, 2.05) is 0 Å². The van der Waals surface area contributed by atoms with Gasteiger partial charge in [0, 0.05) is 0 Å². The molecule has 0 saturated carbocycles. The standard InChI is InChI=1S/CH3.2ClH.Na.Zn/h1H3;2*1H;;/q;;;;+2/p-2. The van der Waals surface area contributed by atoms with E-state index >= 15 is 0 Å². The number of halogens is 2. The minimum Gasteiger partial charge on any atom is -1.00 e. The molecule has 0 atom stereocenters. The van der Waals surface area contributed by atoms with Crippen LogP contribution in [0.15, 0.2) is 0 Å². The van der Waals surface area contributed by atoms with E-state index in [4.69, 9.17) is 0 Å². The summed E-state index contributed by atoms with van der Waals surface area (Å²) in [5.41, 5.74) is 0. The van der Waals surface area contributed by atoms with Crippen molar-refractivity contribution >= 4 is 27.9 Å². The van der Waals surface area contributed by atoms with Gasteiger partial charge in [-0.1, -0.05) is 0 Å². The molecule has 0 unspecified atom stereocenters. The Morgan fingerprint density at radius 2 is 1.00 bits per heavy atom. The van der Waals surface area contributed by atoms with Gasteiger partial charge in [0.25, 0.3) is 0 Å². The van der Waals surface area contributed by atoms with Crippen LogP contribution in [0.3, 0.4) is 0 Å². The van der Waals surface area contributed by atoms with Crippen LogP contribution in [0.4, 0.5) is 0 Å². The molecule has 0 aliphatic rings. The summed E-state index contributed by atoms with van der Waals surface area (Å²) in [4.78, 5) is 0. The third kappa shape index (κ3) is 22.6. The summed E-state index contributed by atoms with van der Waals surface area (Å²) in [5, 5.41) is 0. The van der Waals surface area contributed by atoms with Gasteiger partial charge in [-0.2, -0.15) is 0 Å². The first-order chi connectivity index (χ1) is 1.00. The largest absolute Gasteiger partial charge is 2.00 e. The quantitative estimate of drug-likeness (QED) is 0.321. The Bertz CT molecular complexity index is 9.61. The van der Waals surface area contributed by atoms with E-state index < -0.39 is 0 Å². The van der Waals surface area contributed by atoms with Crippen molar-refractivity contribution in [1.29, 1.82) is 0 Å². The Morgan fingerprint density at radius 1 is 1.00 bits per heavy atom. The summed E-state index contributed by atoms with van der Waals surface area (Å²) >= 11 is 1.31. The molecule has 0 bridgehead atoms. The molecule has 0 saturated heterocycles. The van der Waals surface area contributed by atoms with Crippen molar-refractivity contribution in [3.8, 4) is 0 Å². The first-order valence-corrected chi connectivity index (χ1v) is 3.00. The molecule has 0 amide bonds. The van der Waals surface area contributed by atoms with Crippen LogP contribution < -0.4 is 24.8 Å². The summed E-state index contributed by atoms with van der Waals surface area (Å²) in [5.74, 6) is 0. The fourth-order valence-electron chi connectivity index (χ4n) is 0. The minimum absolute atomic E-state index is 0. The van der Waals surface area contributed by atoms with Crippen molar-refractivity contribution in [2.45, 2.75) is 4.17 Å². The van der Waals surface area contributed by atoms with Gasteiger partial charge in [-0.3, -0.25) is 0 Å². The van der Waals surface area contributed by atoms with Crippen molar-refractivity contribution in [3.63, 3.8) is 0 Å². The summed E-state index contributed by atoms with van der Waals surface area (Å²) in [6.07, 6.45) is 0. The monoisotopic (exact) mass is 172 g/mol. The SMILES string of the molecule is [CH3][Na].[Cl-].[Cl-].[Zn+2]. The molecule has 4 heteroatoms. The molecule has 5 heavy (non-hydrogen) atoms. The first-order valence-electron chi connectivity index (χ1n) is 1.00. The maximum absolute atomic E-state index is 2.14. The van der Waals surface area contributed by atoms with Gasteiger partial charge in [-0.15, -0.1) is 0 Å². The van der Waals surface area contributed by atoms with E-state index in [0.29, 0.717) is 0 Å². The average Bonchev–Trinajstić information content (AvgIpc) is 1.00. The molecule has 0 fully saturated rings. The van der Waals surface area contributed by atoms with E-state index in [0.717, 1.165) is 0 Å². The summed E-state index contributed by atoms with van der Waals surface area (Å²) in [6, 6.07) is 0. The van der Waals surface area contributed by atoms with Gasteiger partial charge in [0.05, 0.1) is 0 Å². The zero-order valence-electron chi connectivity index (χ0n) is 3.46. The van der Waals surface area contributed by atoms with E-state index in [2.05, 4.69) is 4.17 Å². The van der Waals surface area contributed by atoms with E-state index in [9.17, 15) is 0 Å². The molecule has 0 heterocycles. The maximum Gasteiger partial charge on any atom is 2.00 e. The van der Waals surface area contributed by atoms with Gasteiger partial charge in [-0.25, -0.2) is 0 Å². The third-order valence-electron chi connectivity index (χ3n) is 0. The first kappa shape index (κ1) is 27.0.